The zero-order valence-electron chi connectivity index (χ0n) is 13.5. The summed E-state index contributed by atoms with van der Waals surface area (Å²) in [6, 6.07) is 8.79. The molecule has 0 bridgehead atoms. The van der Waals surface area contributed by atoms with Crippen LogP contribution in [0.15, 0.2) is 36.4 Å². The molecular weight excluding hydrogens is 299 g/mol. The first kappa shape index (κ1) is 17.8. The number of benzene rings is 2. The molecular formula is C19H24F3N. The molecule has 2 aromatic carbocycles. The van der Waals surface area contributed by atoms with Crippen LogP contribution in [0.2, 0.25) is 0 Å². The molecule has 1 nitrogen and oxygen atoms in total. The van der Waals surface area contributed by atoms with Crippen LogP contribution in [0, 0.1) is 0 Å². The van der Waals surface area contributed by atoms with Gasteiger partial charge in [0.15, 0.2) is 0 Å². The highest BCUT2D eigenvalue weighted by Gasteiger charge is 2.37. The molecule has 2 N–H and O–H groups in total. The molecule has 0 unspecified atom stereocenters. The molecule has 0 saturated carbocycles. The fourth-order valence-electron chi connectivity index (χ4n) is 2.87. The Morgan fingerprint density at radius 1 is 1.00 bits per heavy atom. The largest absolute Gasteiger partial charge is 0.407 e. The van der Waals surface area contributed by atoms with Gasteiger partial charge in [-0.3, -0.25) is 0 Å². The average molecular weight is 323 g/mol. The van der Waals surface area contributed by atoms with E-state index in [2.05, 4.69) is 6.92 Å². The third-order valence-electron chi connectivity index (χ3n) is 4.26. The first-order valence-corrected chi connectivity index (χ1v) is 8.27. The van der Waals surface area contributed by atoms with Crippen molar-refractivity contribution in [2.45, 2.75) is 57.7 Å². The Hall–Kier alpha value is -1.55. The van der Waals surface area contributed by atoms with E-state index in [9.17, 15) is 13.2 Å². The number of aryl methyl sites for hydroxylation is 1. The van der Waals surface area contributed by atoms with Crippen molar-refractivity contribution in [2.24, 2.45) is 5.73 Å². The van der Waals surface area contributed by atoms with E-state index in [4.69, 9.17) is 5.73 Å². The third kappa shape index (κ3) is 4.71. The van der Waals surface area contributed by atoms with E-state index < -0.39 is 12.2 Å². The van der Waals surface area contributed by atoms with E-state index in [-0.39, 0.29) is 5.56 Å². The summed E-state index contributed by atoms with van der Waals surface area (Å²) in [7, 11) is 0. The van der Waals surface area contributed by atoms with Gasteiger partial charge < -0.3 is 5.73 Å². The van der Waals surface area contributed by atoms with Gasteiger partial charge in [-0.15, -0.1) is 0 Å². The molecule has 0 radical (unpaired) electrons. The summed E-state index contributed by atoms with van der Waals surface area (Å²) in [4.78, 5) is 0. The van der Waals surface area contributed by atoms with Crippen molar-refractivity contribution < 1.29 is 13.2 Å². The number of unbranched alkanes of at least 4 members (excludes halogenated alkanes) is 4. The molecule has 0 aliphatic rings. The van der Waals surface area contributed by atoms with Gasteiger partial charge in [-0.1, -0.05) is 62.9 Å². The SMILES string of the molecule is CCCCCCCc1cccc2ccc([C@H](N)C(F)(F)F)cc12. The van der Waals surface area contributed by atoms with Crippen LogP contribution in [0.3, 0.4) is 0 Å². The summed E-state index contributed by atoms with van der Waals surface area (Å²) in [5, 5.41) is 1.86. The smallest absolute Gasteiger partial charge is 0.316 e. The monoisotopic (exact) mass is 323 g/mol. The maximum Gasteiger partial charge on any atom is 0.407 e. The van der Waals surface area contributed by atoms with Crippen molar-refractivity contribution in [1.29, 1.82) is 0 Å². The normalized spacial score (nSPS) is 13.4. The standard InChI is InChI=1S/C19H24F3N/c1-2-3-4-5-6-8-14-9-7-10-15-11-12-16(13-17(14)15)18(23)19(20,21)22/h7,9-13,18H,2-6,8,23H2,1H3/t18-/m0/s1. The number of nitrogens with two attached hydrogens (primary N) is 1. The molecule has 0 aliphatic carbocycles. The van der Waals surface area contributed by atoms with E-state index in [1.54, 1.807) is 12.1 Å². The van der Waals surface area contributed by atoms with Crippen molar-refractivity contribution in [3.8, 4) is 0 Å². The van der Waals surface area contributed by atoms with Gasteiger partial charge >= 0.3 is 6.18 Å². The van der Waals surface area contributed by atoms with Gasteiger partial charge in [0, 0.05) is 0 Å². The van der Waals surface area contributed by atoms with E-state index >= 15 is 0 Å². The van der Waals surface area contributed by atoms with Gasteiger partial charge in [0.05, 0.1) is 0 Å². The van der Waals surface area contributed by atoms with Gasteiger partial charge in [-0.05, 0) is 40.8 Å². The van der Waals surface area contributed by atoms with Crippen LogP contribution in [0.1, 0.15) is 56.2 Å². The van der Waals surface area contributed by atoms with Crippen LogP contribution in [0.4, 0.5) is 13.2 Å². The predicted molar refractivity (Wildman–Crippen MR) is 89.4 cm³/mol. The topological polar surface area (TPSA) is 26.0 Å². The van der Waals surface area contributed by atoms with E-state index in [1.165, 1.54) is 25.3 Å². The highest BCUT2D eigenvalue weighted by Crippen LogP contribution is 2.32. The second kappa shape index (κ2) is 7.82. The van der Waals surface area contributed by atoms with Crippen LogP contribution < -0.4 is 5.73 Å². The van der Waals surface area contributed by atoms with E-state index in [1.807, 2.05) is 18.2 Å². The number of halogens is 3. The van der Waals surface area contributed by atoms with E-state index in [0.29, 0.717) is 0 Å². The summed E-state index contributed by atoms with van der Waals surface area (Å²) in [6.45, 7) is 2.18. The van der Waals surface area contributed by atoms with Crippen LogP contribution >= 0.6 is 0 Å². The Balaban J connectivity index is 2.20. The van der Waals surface area contributed by atoms with Gasteiger partial charge in [-0.2, -0.15) is 13.2 Å². The summed E-state index contributed by atoms with van der Waals surface area (Å²) in [5.41, 5.74) is 6.58. The molecule has 4 heteroatoms. The van der Waals surface area contributed by atoms with Gasteiger partial charge in [0.2, 0.25) is 0 Å². The molecule has 0 spiro atoms. The quantitative estimate of drug-likeness (QED) is 0.629. The zero-order valence-corrected chi connectivity index (χ0v) is 13.5. The number of hydrogen-bond donors (Lipinski definition) is 1. The molecule has 2 aromatic rings. The van der Waals surface area contributed by atoms with Crippen LogP contribution in [0.5, 0.6) is 0 Å². The highest BCUT2D eigenvalue weighted by molar-refractivity contribution is 5.86. The Bertz CT molecular complexity index is 634. The van der Waals surface area contributed by atoms with Crippen LogP contribution in [-0.2, 0) is 6.42 Å². The minimum Gasteiger partial charge on any atom is -0.316 e. The fraction of sp³-hybridized carbons (Fsp3) is 0.474. The van der Waals surface area contributed by atoms with Crippen molar-refractivity contribution in [3.05, 3.63) is 47.5 Å². The van der Waals surface area contributed by atoms with Crippen molar-refractivity contribution >= 4 is 10.8 Å². The maximum atomic E-state index is 12.8. The minimum atomic E-state index is -4.41. The minimum absolute atomic E-state index is 0.128. The Kier molecular flexibility index (Phi) is 6.05. The van der Waals surface area contributed by atoms with E-state index in [0.717, 1.165) is 35.6 Å². The van der Waals surface area contributed by atoms with Crippen LogP contribution in [-0.4, -0.2) is 6.18 Å². The lowest BCUT2D eigenvalue weighted by molar-refractivity contribution is -0.149. The van der Waals surface area contributed by atoms with Crippen molar-refractivity contribution in [3.63, 3.8) is 0 Å². The number of alkyl halides is 3. The summed E-state index contributed by atoms with van der Waals surface area (Å²) < 4.78 is 38.5. The lowest BCUT2D eigenvalue weighted by atomic mass is 9.96. The third-order valence-corrected chi connectivity index (χ3v) is 4.26. The molecule has 0 saturated heterocycles. The molecule has 0 aliphatic heterocycles. The molecule has 0 heterocycles. The number of fused-ring (bicyclic) bond motifs is 1. The second-order valence-electron chi connectivity index (χ2n) is 6.08. The fourth-order valence-corrected chi connectivity index (χ4v) is 2.87. The van der Waals surface area contributed by atoms with Crippen molar-refractivity contribution in [2.75, 3.05) is 0 Å². The molecule has 0 aromatic heterocycles. The lowest BCUT2D eigenvalue weighted by Gasteiger charge is -2.17. The number of hydrogen-bond acceptors (Lipinski definition) is 1. The number of rotatable bonds is 7. The Morgan fingerprint density at radius 3 is 2.43 bits per heavy atom. The Labute approximate surface area is 135 Å². The maximum absolute atomic E-state index is 12.8. The van der Waals surface area contributed by atoms with Gasteiger partial charge in [0.1, 0.15) is 6.04 Å². The molecule has 0 amide bonds. The molecule has 2 rings (SSSR count). The lowest BCUT2D eigenvalue weighted by Crippen LogP contribution is -2.28. The van der Waals surface area contributed by atoms with Gasteiger partial charge in [-0.25, -0.2) is 0 Å². The molecule has 23 heavy (non-hydrogen) atoms. The average Bonchev–Trinajstić information content (AvgIpc) is 2.52. The summed E-state index contributed by atoms with van der Waals surface area (Å²) in [6.07, 6.45) is 2.35. The Morgan fingerprint density at radius 2 is 1.74 bits per heavy atom. The van der Waals surface area contributed by atoms with Gasteiger partial charge in [0.25, 0.3) is 0 Å². The predicted octanol–water partition coefficient (Wildman–Crippen LogP) is 5.91. The zero-order chi connectivity index (χ0) is 16.9. The molecule has 0 fully saturated rings. The second-order valence-corrected chi connectivity index (χ2v) is 6.08. The first-order chi connectivity index (χ1) is 10.9. The van der Waals surface area contributed by atoms with Crippen LogP contribution in [0.25, 0.3) is 10.8 Å². The summed E-state index contributed by atoms with van der Waals surface area (Å²) >= 11 is 0. The van der Waals surface area contributed by atoms with Crippen molar-refractivity contribution in [1.82, 2.24) is 0 Å². The summed E-state index contributed by atoms with van der Waals surface area (Å²) in [5.74, 6) is 0. The first-order valence-electron chi connectivity index (χ1n) is 8.27. The highest BCUT2D eigenvalue weighted by atomic mass is 19.4. The molecule has 126 valence electrons. The molecule has 1 atom stereocenters.